The van der Waals surface area contributed by atoms with Gasteiger partial charge >= 0.3 is 23.1 Å². The molecule has 0 bridgehead atoms. The second-order valence-electron chi connectivity index (χ2n) is 2.76. The van der Waals surface area contributed by atoms with E-state index >= 15 is 0 Å². The van der Waals surface area contributed by atoms with E-state index in [2.05, 4.69) is 8.37 Å². The second-order valence-corrected chi connectivity index (χ2v) is 4.05. The van der Waals surface area contributed by atoms with Crippen molar-refractivity contribution in [3.05, 3.63) is 0 Å². The molecule has 2 unspecified atom stereocenters. The zero-order valence-electron chi connectivity index (χ0n) is 10.2. The first kappa shape index (κ1) is 23.0. The Kier molecular flexibility index (Phi) is 26.1. The minimum absolute atomic E-state index is 0. The third-order valence-corrected chi connectivity index (χ3v) is 2.07. The van der Waals surface area contributed by atoms with Crippen LogP contribution in [0.5, 0.6) is 0 Å². The van der Waals surface area contributed by atoms with Crippen molar-refractivity contribution in [3.63, 3.8) is 0 Å². The molecule has 17 heavy (non-hydrogen) atoms. The van der Waals surface area contributed by atoms with E-state index < -0.39 is 22.7 Å². The van der Waals surface area contributed by atoms with Gasteiger partial charge in [-0.3, -0.25) is 0 Å². The summed E-state index contributed by atoms with van der Waals surface area (Å²) in [5, 5.41) is 0. The molecule has 0 rings (SSSR count). The average molecular weight is 299 g/mol. The molecule has 6 nitrogen and oxygen atoms in total. The molecular weight excluding hydrogens is 281 g/mol. The van der Waals surface area contributed by atoms with Gasteiger partial charge in [-0.25, -0.2) is 8.42 Å². The van der Waals surface area contributed by atoms with E-state index in [1.165, 1.54) is 0 Å². The van der Waals surface area contributed by atoms with Crippen LogP contribution in [-0.4, -0.2) is 53.8 Å². The Bertz CT molecular complexity index is 173. The zero-order valence-corrected chi connectivity index (χ0v) is 13.3. The molecule has 0 amide bonds. The smallest absolute Gasteiger partial charge is 0.750 e. The molecule has 0 radical (unpaired) electrons. The number of unbranched alkanes of at least 4 members (excludes halogenated alkanes) is 2. The average Bonchev–Trinajstić information content (AvgIpc) is 2.18. The van der Waals surface area contributed by atoms with Crippen LogP contribution in [0.2, 0.25) is 0 Å². The van der Waals surface area contributed by atoms with Crippen LogP contribution in [0.4, 0.5) is 0 Å². The van der Waals surface area contributed by atoms with E-state index in [4.69, 9.17) is 0 Å². The quantitative estimate of drug-likeness (QED) is 0.373. The third kappa shape index (κ3) is 31.6. The Morgan fingerprint density at radius 3 is 1.35 bits per heavy atom. The molecule has 0 fully saturated rings. The maximum atomic E-state index is 9.65. The van der Waals surface area contributed by atoms with E-state index in [9.17, 15) is 17.5 Å². The van der Waals surface area contributed by atoms with Gasteiger partial charge in [-0.15, -0.1) is 0 Å². The normalized spacial score (nSPS) is 12.9. The van der Waals surface area contributed by atoms with Crippen LogP contribution >= 0.6 is 0 Å². The molecule has 0 aromatic carbocycles. The first-order valence-electron chi connectivity index (χ1n) is 4.99. The van der Waals surface area contributed by atoms with Crippen LogP contribution in [-0.2, 0) is 31.1 Å². The fourth-order valence-electron chi connectivity index (χ4n) is 0.543. The molecule has 100 valence electrons. The van der Waals surface area contributed by atoms with Gasteiger partial charge in [0, 0.05) is 0 Å². The van der Waals surface area contributed by atoms with E-state index in [1.54, 1.807) is 0 Å². The molecule has 9 heteroatoms. The van der Waals surface area contributed by atoms with Crippen molar-refractivity contribution < 1.29 is 25.9 Å². The molecule has 0 aromatic rings. The largest absolute Gasteiger partial charge is 2.00 e. The Balaban J connectivity index is -0.000000218. The molecule has 0 N–H and O–H groups in total. The Morgan fingerprint density at radius 1 is 0.882 bits per heavy atom. The topological polar surface area (TPSA) is 98.7 Å². The van der Waals surface area contributed by atoms with E-state index in [1.807, 2.05) is 13.8 Å². The predicted octanol–water partition coefficient (Wildman–Crippen LogP) is 0.814. The molecule has 2 atom stereocenters. The predicted molar refractivity (Wildman–Crippen MR) is 65.3 cm³/mol. The first-order chi connectivity index (χ1) is 7.54. The molecule has 0 aromatic heterocycles. The summed E-state index contributed by atoms with van der Waals surface area (Å²) in [7, 11) is 0. The van der Waals surface area contributed by atoms with E-state index in [0.29, 0.717) is 13.2 Å². The second kappa shape index (κ2) is 19.3. The van der Waals surface area contributed by atoms with Crippen molar-refractivity contribution in [1.82, 2.24) is 0 Å². The van der Waals surface area contributed by atoms with Crippen molar-refractivity contribution in [2.45, 2.75) is 39.5 Å². The Labute approximate surface area is 124 Å². The molecule has 0 spiro atoms. The summed E-state index contributed by atoms with van der Waals surface area (Å²) in [4.78, 5) is 0. The summed E-state index contributed by atoms with van der Waals surface area (Å²) >= 11 is -4.63. The van der Waals surface area contributed by atoms with Crippen LogP contribution in [0.3, 0.4) is 0 Å². The molecule has 0 aliphatic rings. The summed E-state index contributed by atoms with van der Waals surface area (Å²) in [6, 6.07) is 0. The maximum absolute atomic E-state index is 9.65. The first-order valence-corrected chi connectivity index (χ1v) is 6.99. The summed E-state index contributed by atoms with van der Waals surface area (Å²) in [6.07, 6.45) is 3.51. The maximum Gasteiger partial charge on any atom is 2.00 e. The number of rotatable bonds is 8. The number of hydrogen-bond acceptors (Lipinski definition) is 6. The fourth-order valence-corrected chi connectivity index (χ4v) is 1.05. The standard InChI is InChI=1S/2C4H10O3S.Mg/c2*1-2-3-4-7-8(5)6;/h2*2-4H2,1H3,(H,5,6);/q;;+2/p-2. The summed E-state index contributed by atoms with van der Waals surface area (Å²) in [5.74, 6) is 0. The van der Waals surface area contributed by atoms with Crippen LogP contribution in [0.25, 0.3) is 0 Å². The molecule has 0 aliphatic carbocycles. The minimum Gasteiger partial charge on any atom is -0.750 e. The van der Waals surface area contributed by atoms with Crippen LogP contribution in [0, 0.1) is 0 Å². The Morgan fingerprint density at radius 2 is 1.18 bits per heavy atom. The zero-order chi connectivity index (χ0) is 12.8. The van der Waals surface area contributed by atoms with Crippen LogP contribution < -0.4 is 0 Å². The van der Waals surface area contributed by atoms with Gasteiger partial charge in [0.2, 0.25) is 0 Å². The van der Waals surface area contributed by atoms with Gasteiger partial charge < -0.3 is 17.5 Å². The molecule has 0 heterocycles. The van der Waals surface area contributed by atoms with Crippen molar-refractivity contribution in [3.8, 4) is 0 Å². The fraction of sp³-hybridized carbons (Fsp3) is 1.00. The SMILES string of the molecule is CCCCOS(=O)[O-].CCCCOS(=O)[O-].[Mg+2]. The third-order valence-electron chi connectivity index (χ3n) is 1.35. The Hall–Kier alpha value is 0.906. The van der Waals surface area contributed by atoms with E-state index in [0.717, 1.165) is 25.7 Å². The van der Waals surface area contributed by atoms with Crippen LogP contribution in [0.15, 0.2) is 0 Å². The molecule has 0 saturated carbocycles. The van der Waals surface area contributed by atoms with Crippen molar-refractivity contribution in [1.29, 1.82) is 0 Å². The van der Waals surface area contributed by atoms with Gasteiger partial charge in [-0.2, -0.15) is 0 Å². The van der Waals surface area contributed by atoms with Gasteiger partial charge in [0.15, 0.2) is 0 Å². The molecule has 0 saturated heterocycles. The molecule has 0 aliphatic heterocycles. The summed E-state index contributed by atoms with van der Waals surface area (Å²) in [6.45, 7) is 4.56. The number of hydrogen-bond donors (Lipinski definition) is 0. The summed E-state index contributed by atoms with van der Waals surface area (Å²) < 4.78 is 47.0. The van der Waals surface area contributed by atoms with Gasteiger partial charge in [0.25, 0.3) is 0 Å². The summed E-state index contributed by atoms with van der Waals surface area (Å²) in [5.41, 5.74) is 0. The van der Waals surface area contributed by atoms with Crippen molar-refractivity contribution in [2.75, 3.05) is 13.2 Å². The van der Waals surface area contributed by atoms with Crippen LogP contribution in [0.1, 0.15) is 39.5 Å². The van der Waals surface area contributed by atoms with Gasteiger partial charge in [-0.05, 0) is 12.8 Å². The monoisotopic (exact) mass is 298 g/mol. The van der Waals surface area contributed by atoms with Gasteiger partial charge in [0.1, 0.15) is 0 Å². The van der Waals surface area contributed by atoms with Crippen molar-refractivity contribution >= 4 is 45.8 Å². The van der Waals surface area contributed by atoms with Gasteiger partial charge in [0.05, 0.1) is 35.9 Å². The van der Waals surface area contributed by atoms with Crippen molar-refractivity contribution in [2.24, 2.45) is 0 Å². The minimum atomic E-state index is -2.32. The van der Waals surface area contributed by atoms with Gasteiger partial charge in [-0.1, -0.05) is 26.7 Å². The van der Waals surface area contributed by atoms with E-state index in [-0.39, 0.29) is 23.1 Å². The molecular formula is C8H18MgO6S2.